The molecule has 0 N–H and O–H groups in total. The Morgan fingerprint density at radius 2 is 0.968 bits per heavy atom. The maximum Gasteiger partial charge on any atom is 0.238 e. The van der Waals surface area contributed by atoms with E-state index in [-0.39, 0.29) is 0 Å². The van der Waals surface area contributed by atoms with Crippen LogP contribution in [0.3, 0.4) is 0 Å². The Kier molecular flexibility index (Phi) is 6.89. The fraction of sp³-hybridized carbons (Fsp3) is 0. The maximum atomic E-state index is 6.99. The Morgan fingerprint density at radius 3 is 1.73 bits per heavy atom. The molecule has 288 valence electrons. The first-order valence-electron chi connectivity index (χ1n) is 20.8. The number of nitrogens with zero attached hydrogens (tertiary/aromatic N) is 5. The molecular weight excluding hydrogens is 779 g/mol. The predicted molar refractivity (Wildman–Crippen MR) is 257 cm³/mol. The Bertz CT molecular complexity index is 4130. The van der Waals surface area contributed by atoms with E-state index in [4.69, 9.17) is 19.4 Å². The second-order valence-corrected chi connectivity index (χ2v) is 17.0. The second-order valence-electron chi connectivity index (χ2n) is 15.9. The number of rotatable bonds is 4. The van der Waals surface area contributed by atoms with Crippen molar-refractivity contribution >= 4 is 108 Å². The van der Waals surface area contributed by atoms with Crippen LogP contribution in [-0.4, -0.2) is 24.1 Å². The number of benzene rings is 9. The predicted octanol–water partition coefficient (Wildman–Crippen LogP) is 14.8. The number of aromatic nitrogens is 5. The number of thiophene rings is 1. The molecule has 0 aliphatic rings. The van der Waals surface area contributed by atoms with Crippen LogP contribution in [0.5, 0.6) is 0 Å². The average Bonchev–Trinajstić information content (AvgIpc) is 4.08. The standard InChI is InChI=1S/C55H31N5OS/c1-2-15-33-31-46-42(30-32(33)14-1)36-18-5-8-22-43(36)59(46)51-41(29-28-38-37-19-6-11-25-47(37)61-52(38)51)54-56-53(40-21-13-27-49-50(40)39-20-7-12-26-48(39)62-49)57-55(58-54)60-44-23-9-3-16-34(44)35-17-4-10-24-45(35)60/h1-31H. The fourth-order valence-corrected chi connectivity index (χ4v) is 11.0. The van der Waals surface area contributed by atoms with Gasteiger partial charge in [0, 0.05) is 63.6 Å². The van der Waals surface area contributed by atoms with E-state index < -0.39 is 0 Å². The lowest BCUT2D eigenvalue weighted by molar-refractivity contribution is 0.666. The topological polar surface area (TPSA) is 61.7 Å². The number of para-hydroxylation sites is 4. The molecule has 7 heteroatoms. The van der Waals surface area contributed by atoms with Crippen molar-refractivity contribution in [2.24, 2.45) is 0 Å². The summed E-state index contributed by atoms with van der Waals surface area (Å²) in [5.74, 6) is 1.69. The molecule has 0 saturated carbocycles. The van der Waals surface area contributed by atoms with Crippen LogP contribution < -0.4 is 0 Å². The van der Waals surface area contributed by atoms with Gasteiger partial charge in [-0.05, 0) is 71.4 Å². The van der Waals surface area contributed by atoms with Crippen LogP contribution in [0.1, 0.15) is 0 Å². The van der Waals surface area contributed by atoms with Gasteiger partial charge in [-0.1, -0.05) is 127 Å². The Morgan fingerprint density at radius 1 is 0.387 bits per heavy atom. The molecule has 9 aromatic carbocycles. The quantitative estimate of drug-likeness (QED) is 0.178. The van der Waals surface area contributed by atoms with E-state index in [1.165, 1.54) is 20.2 Å². The van der Waals surface area contributed by atoms with Gasteiger partial charge in [-0.25, -0.2) is 4.98 Å². The van der Waals surface area contributed by atoms with Crippen LogP contribution in [0.2, 0.25) is 0 Å². The number of fused-ring (bicyclic) bond motifs is 13. The minimum absolute atomic E-state index is 0.544. The third kappa shape index (κ3) is 4.71. The first-order chi connectivity index (χ1) is 30.7. The zero-order chi connectivity index (χ0) is 40.5. The van der Waals surface area contributed by atoms with Gasteiger partial charge in [0.1, 0.15) is 11.3 Å². The summed E-state index contributed by atoms with van der Waals surface area (Å²) in [5.41, 5.74) is 8.46. The lowest BCUT2D eigenvalue weighted by Gasteiger charge is -2.16. The molecule has 0 spiro atoms. The highest BCUT2D eigenvalue weighted by atomic mass is 32.1. The smallest absolute Gasteiger partial charge is 0.238 e. The van der Waals surface area contributed by atoms with E-state index >= 15 is 0 Å². The summed E-state index contributed by atoms with van der Waals surface area (Å²) in [7, 11) is 0. The van der Waals surface area contributed by atoms with E-state index in [0.29, 0.717) is 17.6 Å². The second kappa shape index (κ2) is 12.7. The fourth-order valence-electron chi connectivity index (χ4n) is 9.88. The lowest BCUT2D eigenvalue weighted by atomic mass is 10.0. The number of hydrogen-bond acceptors (Lipinski definition) is 5. The Hall–Kier alpha value is -8.13. The maximum absolute atomic E-state index is 6.99. The van der Waals surface area contributed by atoms with E-state index in [0.717, 1.165) is 93.1 Å². The van der Waals surface area contributed by atoms with Crippen LogP contribution in [0, 0.1) is 0 Å². The molecule has 0 aliphatic carbocycles. The molecule has 0 aliphatic heterocycles. The minimum Gasteiger partial charge on any atom is -0.454 e. The normalized spacial score (nSPS) is 12.2. The van der Waals surface area contributed by atoms with Crippen molar-refractivity contribution in [3.63, 3.8) is 0 Å². The van der Waals surface area contributed by atoms with Gasteiger partial charge >= 0.3 is 0 Å². The van der Waals surface area contributed by atoms with Crippen LogP contribution in [0.25, 0.3) is 131 Å². The van der Waals surface area contributed by atoms with Gasteiger partial charge in [0.25, 0.3) is 0 Å². The van der Waals surface area contributed by atoms with Gasteiger partial charge in [-0.3, -0.25) is 4.57 Å². The van der Waals surface area contributed by atoms with Crippen molar-refractivity contribution < 1.29 is 4.42 Å². The van der Waals surface area contributed by atoms with Crippen LogP contribution in [0.15, 0.2) is 192 Å². The number of furan rings is 1. The summed E-state index contributed by atoms with van der Waals surface area (Å²) in [6.07, 6.45) is 0. The van der Waals surface area contributed by atoms with Crippen molar-refractivity contribution in [1.29, 1.82) is 0 Å². The van der Waals surface area contributed by atoms with E-state index in [1.54, 1.807) is 11.3 Å². The van der Waals surface area contributed by atoms with Crippen LogP contribution in [0.4, 0.5) is 0 Å². The average molecular weight is 810 g/mol. The lowest BCUT2D eigenvalue weighted by Crippen LogP contribution is -2.08. The van der Waals surface area contributed by atoms with Crippen LogP contribution >= 0.6 is 11.3 Å². The van der Waals surface area contributed by atoms with Crippen molar-refractivity contribution in [3.8, 4) is 34.4 Å². The zero-order valence-electron chi connectivity index (χ0n) is 33.0. The monoisotopic (exact) mass is 809 g/mol. The molecular formula is C55H31N5OS. The Labute approximate surface area is 357 Å². The SMILES string of the molecule is c1ccc2cc3c(cc2c1)c1ccccc1n3-c1c(-c2nc(-c3cccc4sc5ccccc5c34)nc(-n3c4ccccc4c4ccccc43)n2)ccc2c1oc1ccccc12. The first kappa shape index (κ1) is 33.7. The molecule has 0 atom stereocenters. The van der Waals surface area contributed by atoms with Gasteiger partial charge in [0.2, 0.25) is 5.95 Å². The van der Waals surface area contributed by atoms with E-state index in [9.17, 15) is 0 Å². The zero-order valence-corrected chi connectivity index (χ0v) is 33.8. The summed E-state index contributed by atoms with van der Waals surface area (Å²) >= 11 is 1.79. The van der Waals surface area contributed by atoms with Crippen molar-refractivity contribution in [2.75, 3.05) is 0 Å². The summed E-state index contributed by atoms with van der Waals surface area (Å²) in [5, 5.41) is 11.4. The van der Waals surface area contributed by atoms with E-state index in [2.05, 4.69) is 185 Å². The first-order valence-corrected chi connectivity index (χ1v) is 21.6. The molecule has 6 nitrogen and oxygen atoms in total. The van der Waals surface area contributed by atoms with Gasteiger partial charge in [-0.15, -0.1) is 11.3 Å². The molecule has 62 heavy (non-hydrogen) atoms. The third-order valence-corrected chi connectivity index (χ3v) is 13.7. The molecule has 0 amide bonds. The molecule has 0 radical (unpaired) electrons. The largest absolute Gasteiger partial charge is 0.454 e. The van der Waals surface area contributed by atoms with Crippen LogP contribution in [-0.2, 0) is 0 Å². The van der Waals surface area contributed by atoms with Crippen molar-refractivity contribution in [1.82, 2.24) is 24.1 Å². The third-order valence-electron chi connectivity index (χ3n) is 12.6. The summed E-state index contributed by atoms with van der Waals surface area (Å²) in [6.45, 7) is 0. The molecule has 5 heterocycles. The summed E-state index contributed by atoms with van der Waals surface area (Å²) in [4.78, 5) is 16.5. The summed E-state index contributed by atoms with van der Waals surface area (Å²) < 4.78 is 14.0. The van der Waals surface area contributed by atoms with Gasteiger partial charge in [0.05, 0.1) is 22.1 Å². The minimum atomic E-state index is 0.544. The molecule has 0 saturated heterocycles. The van der Waals surface area contributed by atoms with Crippen molar-refractivity contribution in [3.05, 3.63) is 188 Å². The Balaban J connectivity index is 1.15. The van der Waals surface area contributed by atoms with Crippen molar-refractivity contribution in [2.45, 2.75) is 0 Å². The van der Waals surface area contributed by atoms with Gasteiger partial charge in [-0.2, -0.15) is 9.97 Å². The highest BCUT2D eigenvalue weighted by Gasteiger charge is 2.26. The molecule has 0 unspecified atom stereocenters. The van der Waals surface area contributed by atoms with Gasteiger partial charge < -0.3 is 8.98 Å². The highest BCUT2D eigenvalue weighted by molar-refractivity contribution is 7.25. The molecule has 0 bridgehead atoms. The van der Waals surface area contributed by atoms with Gasteiger partial charge in [0.15, 0.2) is 17.2 Å². The summed E-state index contributed by atoms with van der Waals surface area (Å²) in [6, 6.07) is 66.6. The molecule has 0 fully saturated rings. The van der Waals surface area contributed by atoms with E-state index in [1.807, 2.05) is 12.1 Å². The molecule has 14 aromatic rings. The molecule has 5 aromatic heterocycles. The highest BCUT2D eigenvalue weighted by Crippen LogP contribution is 2.45. The molecule has 14 rings (SSSR count). The number of hydrogen-bond donors (Lipinski definition) is 0.